The Morgan fingerprint density at radius 2 is 1.84 bits per heavy atom. The van der Waals surface area contributed by atoms with Crippen LogP contribution in [0.25, 0.3) is 22.2 Å². The van der Waals surface area contributed by atoms with Gasteiger partial charge in [0.25, 0.3) is 0 Å². The molecule has 3 N–H and O–H groups in total. The first-order valence-corrected chi connectivity index (χ1v) is 17.5. The summed E-state index contributed by atoms with van der Waals surface area (Å²) in [7, 11) is 0. The Morgan fingerprint density at radius 3 is 2.58 bits per heavy atom. The highest BCUT2D eigenvalue weighted by molar-refractivity contribution is 5.96. The van der Waals surface area contributed by atoms with E-state index >= 15 is 0 Å². The van der Waals surface area contributed by atoms with Crippen molar-refractivity contribution in [2.45, 2.75) is 102 Å². The Balaban J connectivity index is 1.34. The fourth-order valence-corrected chi connectivity index (χ4v) is 6.94. The molecule has 1 saturated heterocycles. The lowest BCUT2D eigenvalue weighted by molar-refractivity contribution is -0.145. The SMILES string of the molecule is Cc1ccc2c(O[C@@H]3C[C@H]4C(=O)N[C@]5(C(=O)O)CC5/C=C\CCCCC[C@@H](NC(=O)OC(C)(C)C)C(=O)N4C3)cc(-c3ccccc3)nc2c1. The van der Waals surface area contributed by atoms with Crippen LogP contribution in [0.15, 0.2) is 66.7 Å². The first-order valence-electron chi connectivity index (χ1n) is 17.5. The molecule has 0 radical (unpaired) electrons. The maximum absolute atomic E-state index is 14.4. The molecule has 2 fully saturated rings. The van der Waals surface area contributed by atoms with Crippen LogP contribution >= 0.6 is 0 Å². The molecular weight excluding hydrogens is 636 g/mol. The van der Waals surface area contributed by atoms with E-state index in [4.69, 9.17) is 14.5 Å². The molecule has 264 valence electrons. The zero-order chi connectivity index (χ0) is 35.6. The number of ether oxygens (including phenoxy) is 2. The summed E-state index contributed by atoms with van der Waals surface area (Å²) in [4.78, 5) is 60.2. The molecule has 3 aromatic rings. The smallest absolute Gasteiger partial charge is 0.408 e. The van der Waals surface area contributed by atoms with Crippen LogP contribution in [0.5, 0.6) is 5.75 Å². The van der Waals surface area contributed by atoms with Gasteiger partial charge in [0.1, 0.15) is 35.1 Å². The number of aromatic nitrogens is 1. The Labute approximate surface area is 292 Å². The largest absolute Gasteiger partial charge is 0.488 e. The molecule has 1 aromatic heterocycles. The number of hydrogen-bond donors (Lipinski definition) is 3. The summed E-state index contributed by atoms with van der Waals surface area (Å²) in [6, 6.07) is 15.6. The third-order valence-electron chi connectivity index (χ3n) is 9.60. The van der Waals surface area contributed by atoms with E-state index in [9.17, 15) is 24.3 Å². The average Bonchev–Trinajstić information content (AvgIpc) is 3.59. The number of alkyl carbamates (subject to hydrolysis) is 1. The van der Waals surface area contributed by atoms with Crippen LogP contribution in [0.2, 0.25) is 0 Å². The van der Waals surface area contributed by atoms with Gasteiger partial charge >= 0.3 is 12.1 Å². The Hall–Kier alpha value is -4.93. The molecule has 2 aromatic carbocycles. The minimum absolute atomic E-state index is 0.0587. The van der Waals surface area contributed by atoms with Crippen molar-refractivity contribution in [2.24, 2.45) is 5.92 Å². The topological polar surface area (TPSA) is 147 Å². The molecule has 50 heavy (non-hydrogen) atoms. The molecule has 1 aliphatic carbocycles. The van der Waals surface area contributed by atoms with E-state index in [1.807, 2.05) is 73.7 Å². The number of carboxylic acid groups (broad SMARTS) is 1. The number of carbonyl (C=O) groups excluding carboxylic acids is 3. The summed E-state index contributed by atoms with van der Waals surface area (Å²) in [5, 5.41) is 16.6. The van der Waals surface area contributed by atoms with Gasteiger partial charge in [0, 0.05) is 29.4 Å². The maximum Gasteiger partial charge on any atom is 0.408 e. The van der Waals surface area contributed by atoms with Crippen molar-refractivity contribution in [3.8, 4) is 17.0 Å². The first-order chi connectivity index (χ1) is 23.8. The fourth-order valence-electron chi connectivity index (χ4n) is 6.94. The molecule has 1 unspecified atom stereocenters. The molecule has 0 bridgehead atoms. The van der Waals surface area contributed by atoms with Crippen LogP contribution < -0.4 is 15.4 Å². The van der Waals surface area contributed by atoms with Crippen molar-refractivity contribution in [1.29, 1.82) is 0 Å². The molecule has 6 rings (SSSR count). The molecule has 3 heterocycles. The molecule has 11 heteroatoms. The second-order valence-electron chi connectivity index (χ2n) is 14.7. The summed E-state index contributed by atoms with van der Waals surface area (Å²) in [6.07, 6.45) is 6.35. The molecule has 2 aliphatic heterocycles. The third-order valence-corrected chi connectivity index (χ3v) is 9.60. The number of carbonyl (C=O) groups is 4. The standard InChI is InChI=1S/C39H46N4O7/c1-24-17-18-28-31(19-24)40-30(25-13-9-8-10-14-25)21-33(28)49-27-20-32-34(44)42-39(36(46)47)22-26(39)15-11-6-5-7-12-16-29(35(45)43(32)23-27)41-37(48)50-38(2,3)4/h8-11,13-15,17-19,21,26-27,29,32H,5-7,12,16,20,22-23H2,1-4H3,(H,41,48)(H,42,44)(H,46,47)/b15-11-/t26?,27-,29-,32+,39-/m1/s1. The second-order valence-corrected chi connectivity index (χ2v) is 14.7. The fraction of sp³-hybridized carbons (Fsp3) is 0.462. The zero-order valence-electron chi connectivity index (χ0n) is 29.1. The lowest BCUT2D eigenvalue weighted by atomic mass is 10.0. The number of benzene rings is 2. The Morgan fingerprint density at radius 1 is 1.06 bits per heavy atom. The van der Waals surface area contributed by atoms with Gasteiger partial charge in [0.15, 0.2) is 0 Å². The van der Waals surface area contributed by atoms with Crippen LogP contribution in [-0.4, -0.2) is 74.7 Å². The van der Waals surface area contributed by atoms with E-state index in [-0.39, 0.29) is 25.3 Å². The highest BCUT2D eigenvalue weighted by Crippen LogP contribution is 2.45. The number of hydrogen-bond acceptors (Lipinski definition) is 7. The van der Waals surface area contributed by atoms with E-state index < -0.39 is 53.2 Å². The summed E-state index contributed by atoms with van der Waals surface area (Å²) in [6.45, 7) is 7.30. The quantitative estimate of drug-likeness (QED) is 0.281. The minimum Gasteiger partial charge on any atom is -0.488 e. The second kappa shape index (κ2) is 14.1. The summed E-state index contributed by atoms with van der Waals surface area (Å²) in [5.41, 5.74) is 1.22. The van der Waals surface area contributed by atoms with Gasteiger partial charge in [-0.25, -0.2) is 14.6 Å². The van der Waals surface area contributed by atoms with Gasteiger partial charge in [-0.2, -0.15) is 0 Å². The molecule has 5 atom stereocenters. The zero-order valence-corrected chi connectivity index (χ0v) is 29.1. The number of nitrogens with zero attached hydrogens (tertiary/aromatic N) is 2. The number of nitrogens with one attached hydrogen (secondary N) is 2. The van der Waals surface area contributed by atoms with Gasteiger partial charge in [-0.3, -0.25) is 9.59 Å². The predicted octanol–water partition coefficient (Wildman–Crippen LogP) is 5.93. The van der Waals surface area contributed by atoms with Crippen molar-refractivity contribution in [2.75, 3.05) is 6.54 Å². The van der Waals surface area contributed by atoms with Crippen molar-refractivity contribution in [3.05, 3.63) is 72.3 Å². The highest BCUT2D eigenvalue weighted by atomic mass is 16.6. The van der Waals surface area contributed by atoms with E-state index in [1.165, 1.54) is 4.90 Å². The molecule has 1 saturated carbocycles. The van der Waals surface area contributed by atoms with Crippen LogP contribution in [-0.2, 0) is 19.1 Å². The van der Waals surface area contributed by atoms with E-state index in [1.54, 1.807) is 20.8 Å². The van der Waals surface area contributed by atoms with Crippen molar-refractivity contribution < 1.29 is 33.8 Å². The Bertz CT molecular complexity index is 1800. The number of fused-ring (bicyclic) bond motifs is 3. The van der Waals surface area contributed by atoms with Crippen LogP contribution in [0.4, 0.5) is 4.79 Å². The molecule has 0 spiro atoms. The number of rotatable bonds is 5. The van der Waals surface area contributed by atoms with Crippen molar-refractivity contribution in [3.63, 3.8) is 0 Å². The van der Waals surface area contributed by atoms with Crippen LogP contribution in [0, 0.1) is 12.8 Å². The number of allylic oxidation sites excluding steroid dienone is 1. The number of aryl methyl sites for hydroxylation is 1. The first kappa shape index (κ1) is 34.9. The van der Waals surface area contributed by atoms with E-state index in [0.717, 1.165) is 47.0 Å². The lowest BCUT2D eigenvalue weighted by Crippen LogP contribution is -2.56. The van der Waals surface area contributed by atoms with Gasteiger partial charge < -0.3 is 30.1 Å². The normalized spacial score (nSPS) is 26.4. The van der Waals surface area contributed by atoms with Gasteiger partial charge in [0.05, 0.1) is 17.8 Å². The average molecular weight is 683 g/mol. The predicted molar refractivity (Wildman–Crippen MR) is 188 cm³/mol. The lowest BCUT2D eigenvalue weighted by Gasteiger charge is -2.30. The van der Waals surface area contributed by atoms with Crippen LogP contribution in [0.3, 0.4) is 0 Å². The maximum atomic E-state index is 14.4. The third kappa shape index (κ3) is 7.77. The summed E-state index contributed by atoms with van der Waals surface area (Å²) < 4.78 is 12.2. The van der Waals surface area contributed by atoms with Gasteiger partial charge in [-0.15, -0.1) is 0 Å². The number of pyridine rings is 1. The molecular formula is C39H46N4O7. The minimum atomic E-state index is -1.43. The number of aliphatic carboxylic acids is 1. The van der Waals surface area contributed by atoms with Crippen molar-refractivity contribution >= 4 is 34.8 Å². The van der Waals surface area contributed by atoms with E-state index in [0.29, 0.717) is 18.6 Å². The molecule has 3 aliphatic rings. The van der Waals surface area contributed by atoms with E-state index in [2.05, 4.69) is 10.6 Å². The van der Waals surface area contributed by atoms with Gasteiger partial charge in [0.2, 0.25) is 11.8 Å². The Kier molecular flexibility index (Phi) is 9.87. The summed E-state index contributed by atoms with van der Waals surface area (Å²) >= 11 is 0. The van der Waals surface area contributed by atoms with Crippen LogP contribution in [0.1, 0.15) is 71.3 Å². The van der Waals surface area contributed by atoms with Gasteiger partial charge in [-0.05, 0) is 71.1 Å². The summed E-state index contributed by atoms with van der Waals surface area (Å²) in [5.74, 6) is -1.88. The van der Waals surface area contributed by atoms with Gasteiger partial charge in [-0.1, -0.05) is 61.4 Å². The molecule has 11 nitrogen and oxygen atoms in total. The molecule has 3 amide bonds. The van der Waals surface area contributed by atoms with Crippen molar-refractivity contribution in [1.82, 2.24) is 20.5 Å². The highest BCUT2D eigenvalue weighted by Gasteiger charge is 2.61. The number of amides is 3. The monoisotopic (exact) mass is 682 g/mol. The number of carboxylic acids is 1.